The number of likely N-dealkylation sites (tertiary alicyclic amines) is 1. The minimum Gasteiger partial charge on any atom is -0.508 e. The third kappa shape index (κ3) is 2.74. The van der Waals surface area contributed by atoms with E-state index >= 15 is 0 Å². The number of amides is 1. The zero-order valence-corrected chi connectivity index (χ0v) is 9.61. The van der Waals surface area contributed by atoms with E-state index in [4.69, 9.17) is 0 Å². The van der Waals surface area contributed by atoms with Gasteiger partial charge in [-0.05, 0) is 17.7 Å². The molecule has 2 N–H and O–H groups in total. The van der Waals surface area contributed by atoms with Gasteiger partial charge in [0.1, 0.15) is 11.6 Å². The molecule has 92 valence electrons. The SMILES string of the molecule is CNC(=O)C1CN(Cc2cc(O)cc(F)c2)C1. The molecule has 1 saturated heterocycles. The second-order valence-corrected chi connectivity index (χ2v) is 4.32. The largest absolute Gasteiger partial charge is 0.508 e. The first-order chi connectivity index (χ1) is 8.08. The number of nitrogens with one attached hydrogen (secondary N) is 1. The highest BCUT2D eigenvalue weighted by atomic mass is 19.1. The Bertz CT molecular complexity index is 410. The standard InChI is InChI=1S/C12H15FN2O2/c1-14-12(17)9-6-15(7-9)5-8-2-10(13)4-11(16)3-8/h2-4,9,16H,5-7H2,1H3,(H,14,17). The maximum Gasteiger partial charge on any atom is 0.225 e. The van der Waals surface area contributed by atoms with Crippen LogP contribution in [-0.4, -0.2) is 36.1 Å². The third-order valence-electron chi connectivity index (χ3n) is 2.92. The van der Waals surface area contributed by atoms with Crippen LogP contribution in [0.15, 0.2) is 18.2 Å². The van der Waals surface area contributed by atoms with E-state index in [2.05, 4.69) is 5.32 Å². The number of aromatic hydroxyl groups is 1. The van der Waals surface area contributed by atoms with E-state index in [0.717, 1.165) is 11.6 Å². The lowest BCUT2D eigenvalue weighted by molar-refractivity contribution is -0.129. The number of carbonyl (C=O) groups excluding carboxylic acids is 1. The summed E-state index contributed by atoms with van der Waals surface area (Å²) in [7, 11) is 1.62. The molecule has 0 radical (unpaired) electrons. The molecule has 0 unspecified atom stereocenters. The van der Waals surface area contributed by atoms with E-state index in [9.17, 15) is 14.3 Å². The van der Waals surface area contributed by atoms with Crippen LogP contribution in [0.25, 0.3) is 0 Å². The highest BCUT2D eigenvalue weighted by Gasteiger charge is 2.31. The number of benzene rings is 1. The van der Waals surface area contributed by atoms with Crippen LogP contribution in [0.3, 0.4) is 0 Å². The lowest BCUT2D eigenvalue weighted by Gasteiger charge is -2.37. The molecule has 17 heavy (non-hydrogen) atoms. The van der Waals surface area contributed by atoms with E-state index in [1.54, 1.807) is 7.05 Å². The average Bonchev–Trinajstić information content (AvgIpc) is 2.20. The molecule has 1 amide bonds. The molecule has 0 bridgehead atoms. The van der Waals surface area contributed by atoms with Gasteiger partial charge in [-0.2, -0.15) is 0 Å². The summed E-state index contributed by atoms with van der Waals surface area (Å²) in [4.78, 5) is 13.3. The Hall–Kier alpha value is -1.62. The highest BCUT2D eigenvalue weighted by molar-refractivity contribution is 5.79. The minimum atomic E-state index is -0.441. The molecule has 2 rings (SSSR count). The number of hydrogen-bond donors (Lipinski definition) is 2. The molecule has 0 aliphatic carbocycles. The summed E-state index contributed by atoms with van der Waals surface area (Å²) in [5.41, 5.74) is 0.720. The topological polar surface area (TPSA) is 52.6 Å². The Morgan fingerprint density at radius 2 is 2.24 bits per heavy atom. The third-order valence-corrected chi connectivity index (χ3v) is 2.92. The highest BCUT2D eigenvalue weighted by Crippen LogP contribution is 2.21. The van der Waals surface area contributed by atoms with Crippen LogP contribution in [0.2, 0.25) is 0 Å². The van der Waals surface area contributed by atoms with Crippen molar-refractivity contribution in [2.24, 2.45) is 5.92 Å². The van der Waals surface area contributed by atoms with Crippen molar-refractivity contribution < 1.29 is 14.3 Å². The van der Waals surface area contributed by atoms with Gasteiger partial charge < -0.3 is 10.4 Å². The number of hydrogen-bond acceptors (Lipinski definition) is 3. The quantitative estimate of drug-likeness (QED) is 0.815. The van der Waals surface area contributed by atoms with Gasteiger partial charge >= 0.3 is 0 Å². The molecular formula is C12H15FN2O2. The predicted octanol–water partition coefficient (Wildman–Crippen LogP) is 0.709. The molecule has 0 spiro atoms. The Kier molecular flexibility index (Phi) is 3.28. The number of halogens is 1. The van der Waals surface area contributed by atoms with Crippen LogP contribution in [0, 0.1) is 11.7 Å². The van der Waals surface area contributed by atoms with Gasteiger partial charge in [0.15, 0.2) is 0 Å². The number of nitrogens with zero attached hydrogens (tertiary/aromatic N) is 1. The van der Waals surface area contributed by atoms with Crippen molar-refractivity contribution in [3.05, 3.63) is 29.6 Å². The van der Waals surface area contributed by atoms with Gasteiger partial charge in [0, 0.05) is 32.7 Å². The second-order valence-electron chi connectivity index (χ2n) is 4.32. The summed E-state index contributed by atoms with van der Waals surface area (Å²) in [5, 5.41) is 11.9. The second kappa shape index (κ2) is 4.71. The van der Waals surface area contributed by atoms with Gasteiger partial charge in [-0.15, -0.1) is 0 Å². The van der Waals surface area contributed by atoms with Crippen molar-refractivity contribution in [1.29, 1.82) is 0 Å². The Morgan fingerprint density at radius 1 is 1.53 bits per heavy atom. The molecule has 0 atom stereocenters. The number of phenolic OH excluding ortho intramolecular Hbond substituents is 1. The summed E-state index contributed by atoms with van der Waals surface area (Å²) in [6.45, 7) is 1.91. The maximum absolute atomic E-state index is 13.0. The monoisotopic (exact) mass is 238 g/mol. The number of phenols is 1. The minimum absolute atomic E-state index is 0.0298. The van der Waals surface area contributed by atoms with E-state index in [1.807, 2.05) is 4.90 Å². The molecule has 1 aromatic rings. The van der Waals surface area contributed by atoms with Crippen molar-refractivity contribution in [2.45, 2.75) is 6.54 Å². The van der Waals surface area contributed by atoms with Crippen LogP contribution < -0.4 is 5.32 Å². The normalized spacial score (nSPS) is 16.6. The summed E-state index contributed by atoms with van der Waals surface area (Å²) in [5.74, 6) is -0.433. The zero-order valence-electron chi connectivity index (χ0n) is 9.61. The Balaban J connectivity index is 1.89. The van der Waals surface area contributed by atoms with Crippen LogP contribution in [0.1, 0.15) is 5.56 Å². The Labute approximate surface area is 99.0 Å². The van der Waals surface area contributed by atoms with Crippen molar-refractivity contribution in [3.8, 4) is 5.75 Å². The first-order valence-corrected chi connectivity index (χ1v) is 5.51. The van der Waals surface area contributed by atoms with Crippen LogP contribution in [0.5, 0.6) is 5.75 Å². The summed E-state index contributed by atoms with van der Waals surface area (Å²) >= 11 is 0. The molecule has 1 aromatic carbocycles. The summed E-state index contributed by atoms with van der Waals surface area (Å²) in [6.07, 6.45) is 0. The fraction of sp³-hybridized carbons (Fsp3) is 0.417. The fourth-order valence-electron chi connectivity index (χ4n) is 2.05. The lowest BCUT2D eigenvalue weighted by atomic mass is 9.98. The Morgan fingerprint density at radius 3 is 2.82 bits per heavy atom. The van der Waals surface area contributed by atoms with E-state index in [-0.39, 0.29) is 17.6 Å². The molecule has 1 aliphatic heterocycles. The molecule has 1 heterocycles. The molecule has 4 nitrogen and oxygen atoms in total. The smallest absolute Gasteiger partial charge is 0.225 e. The van der Waals surface area contributed by atoms with Crippen LogP contribution in [0.4, 0.5) is 4.39 Å². The zero-order chi connectivity index (χ0) is 12.4. The van der Waals surface area contributed by atoms with Gasteiger partial charge in [-0.25, -0.2) is 4.39 Å². The van der Waals surface area contributed by atoms with Gasteiger partial charge in [-0.3, -0.25) is 9.69 Å². The van der Waals surface area contributed by atoms with Gasteiger partial charge in [0.05, 0.1) is 5.92 Å². The summed E-state index contributed by atoms with van der Waals surface area (Å²) in [6, 6.07) is 4.01. The first kappa shape index (κ1) is 11.9. The summed E-state index contributed by atoms with van der Waals surface area (Å²) < 4.78 is 13.0. The van der Waals surface area contributed by atoms with Crippen molar-refractivity contribution in [2.75, 3.05) is 20.1 Å². The van der Waals surface area contributed by atoms with E-state index in [1.165, 1.54) is 12.1 Å². The van der Waals surface area contributed by atoms with Crippen molar-refractivity contribution in [1.82, 2.24) is 10.2 Å². The van der Waals surface area contributed by atoms with Crippen molar-refractivity contribution >= 4 is 5.91 Å². The molecule has 1 aliphatic rings. The number of carbonyl (C=O) groups is 1. The van der Waals surface area contributed by atoms with Crippen LogP contribution in [-0.2, 0) is 11.3 Å². The van der Waals surface area contributed by atoms with Gasteiger partial charge in [-0.1, -0.05) is 0 Å². The van der Waals surface area contributed by atoms with E-state index < -0.39 is 5.82 Å². The molecular weight excluding hydrogens is 223 g/mol. The maximum atomic E-state index is 13.0. The van der Waals surface area contributed by atoms with E-state index in [0.29, 0.717) is 19.6 Å². The molecule has 0 saturated carbocycles. The first-order valence-electron chi connectivity index (χ1n) is 5.51. The molecule has 5 heteroatoms. The van der Waals surface area contributed by atoms with Gasteiger partial charge in [0.2, 0.25) is 5.91 Å². The van der Waals surface area contributed by atoms with Crippen molar-refractivity contribution in [3.63, 3.8) is 0 Å². The predicted molar refractivity (Wildman–Crippen MR) is 60.9 cm³/mol. The molecule has 0 aromatic heterocycles. The number of rotatable bonds is 3. The van der Waals surface area contributed by atoms with Crippen LogP contribution >= 0.6 is 0 Å². The average molecular weight is 238 g/mol. The van der Waals surface area contributed by atoms with Gasteiger partial charge in [0.25, 0.3) is 0 Å². The lowest BCUT2D eigenvalue weighted by Crippen LogP contribution is -2.52. The molecule has 1 fully saturated rings. The fourth-order valence-corrected chi connectivity index (χ4v) is 2.05.